The highest BCUT2D eigenvalue weighted by Gasteiger charge is 2.18. The molecule has 0 spiro atoms. The third-order valence-electron chi connectivity index (χ3n) is 3.94. The normalized spacial score (nSPS) is 20.8. The van der Waals surface area contributed by atoms with Crippen molar-refractivity contribution in [1.29, 1.82) is 0 Å². The smallest absolute Gasteiger partial charge is 0.191 e. The van der Waals surface area contributed by atoms with Crippen molar-refractivity contribution in [3.05, 3.63) is 29.1 Å². The van der Waals surface area contributed by atoms with Gasteiger partial charge in [-0.25, -0.2) is 4.39 Å². The van der Waals surface area contributed by atoms with E-state index in [-0.39, 0.29) is 12.6 Å². The summed E-state index contributed by atoms with van der Waals surface area (Å²) >= 11 is 2.00. The fraction of sp³-hybridized carbons (Fsp3) is 0.562. The Morgan fingerprint density at radius 2 is 2.35 bits per heavy atom. The Bertz CT molecular complexity index is 577. The van der Waals surface area contributed by atoms with Crippen LogP contribution in [-0.2, 0) is 17.9 Å². The maximum absolute atomic E-state index is 13.7. The van der Waals surface area contributed by atoms with Crippen molar-refractivity contribution in [3.8, 4) is 5.75 Å². The van der Waals surface area contributed by atoms with Gasteiger partial charge in [0.15, 0.2) is 12.8 Å². The van der Waals surface area contributed by atoms with E-state index < -0.39 is 0 Å². The second-order valence-electron chi connectivity index (χ2n) is 5.61. The minimum atomic E-state index is -0.278. The molecule has 1 aromatic carbocycles. The molecule has 23 heavy (non-hydrogen) atoms. The number of guanidine groups is 1. The molecule has 3 rings (SSSR count). The molecule has 0 radical (unpaired) electrons. The van der Waals surface area contributed by atoms with Gasteiger partial charge in [0, 0.05) is 36.5 Å². The van der Waals surface area contributed by atoms with Gasteiger partial charge in [-0.15, -0.1) is 0 Å². The Balaban J connectivity index is 1.59. The molecule has 2 aliphatic heterocycles. The number of rotatable bonds is 4. The molecule has 1 fully saturated rings. The molecule has 1 saturated heterocycles. The van der Waals surface area contributed by atoms with Crippen LogP contribution in [0.25, 0.3) is 0 Å². The van der Waals surface area contributed by atoms with Crippen molar-refractivity contribution in [3.63, 3.8) is 0 Å². The van der Waals surface area contributed by atoms with Gasteiger partial charge in [0.25, 0.3) is 0 Å². The first-order valence-corrected chi connectivity index (χ1v) is 8.89. The van der Waals surface area contributed by atoms with Crippen LogP contribution in [0.3, 0.4) is 0 Å². The van der Waals surface area contributed by atoms with Crippen LogP contribution in [0, 0.1) is 5.82 Å². The lowest BCUT2D eigenvalue weighted by Gasteiger charge is -2.21. The van der Waals surface area contributed by atoms with E-state index in [1.165, 1.54) is 30.7 Å². The van der Waals surface area contributed by atoms with Crippen LogP contribution < -0.4 is 15.4 Å². The highest BCUT2D eigenvalue weighted by atomic mass is 32.2. The predicted octanol–water partition coefficient (Wildman–Crippen LogP) is 2.25. The molecule has 2 aliphatic rings. The fourth-order valence-electron chi connectivity index (χ4n) is 2.80. The molecule has 1 atom stereocenters. The van der Waals surface area contributed by atoms with Crippen molar-refractivity contribution in [2.45, 2.75) is 31.2 Å². The predicted molar refractivity (Wildman–Crippen MR) is 90.4 cm³/mol. The third kappa shape index (κ3) is 4.29. The van der Waals surface area contributed by atoms with E-state index in [0.717, 1.165) is 23.6 Å². The standard InChI is InChI=1S/C16H22FN3O2S/c1-18-16(20-8-14-3-2-4-23-14)19-7-11-5-13(17)6-12-9-21-10-22-15(11)12/h5-6,14H,2-4,7-10H2,1H3,(H2,18,19,20). The number of nitrogens with one attached hydrogen (secondary N) is 2. The summed E-state index contributed by atoms with van der Waals surface area (Å²) in [6.45, 7) is 1.94. The van der Waals surface area contributed by atoms with Gasteiger partial charge in [-0.3, -0.25) is 4.99 Å². The summed E-state index contributed by atoms with van der Waals surface area (Å²) in [6.07, 6.45) is 2.54. The van der Waals surface area contributed by atoms with Crippen molar-refractivity contribution in [1.82, 2.24) is 10.6 Å². The monoisotopic (exact) mass is 339 g/mol. The van der Waals surface area contributed by atoms with E-state index in [1.807, 2.05) is 11.8 Å². The molecule has 0 saturated carbocycles. The van der Waals surface area contributed by atoms with Gasteiger partial charge >= 0.3 is 0 Å². The molecule has 0 amide bonds. The maximum atomic E-state index is 13.7. The Hall–Kier alpha value is -1.47. The Kier molecular flexibility index (Phi) is 5.61. The quantitative estimate of drug-likeness (QED) is 0.651. The highest BCUT2D eigenvalue weighted by Crippen LogP contribution is 2.29. The van der Waals surface area contributed by atoms with Gasteiger partial charge < -0.3 is 20.1 Å². The molecule has 0 bridgehead atoms. The molecule has 0 aliphatic carbocycles. The van der Waals surface area contributed by atoms with Gasteiger partial charge in [0.1, 0.15) is 11.6 Å². The summed E-state index contributed by atoms with van der Waals surface area (Å²) in [7, 11) is 1.74. The molecule has 7 heteroatoms. The summed E-state index contributed by atoms with van der Waals surface area (Å²) in [5.41, 5.74) is 1.53. The third-order valence-corrected chi connectivity index (χ3v) is 5.34. The minimum absolute atomic E-state index is 0.206. The number of halogens is 1. The number of benzene rings is 1. The van der Waals surface area contributed by atoms with E-state index in [2.05, 4.69) is 15.6 Å². The Morgan fingerprint density at radius 1 is 1.43 bits per heavy atom. The number of hydrogen-bond donors (Lipinski definition) is 2. The number of aliphatic imine (C=N–C) groups is 1. The molecule has 5 nitrogen and oxygen atoms in total. The zero-order valence-electron chi connectivity index (χ0n) is 13.2. The van der Waals surface area contributed by atoms with Crippen LogP contribution in [0.1, 0.15) is 24.0 Å². The first-order valence-electron chi connectivity index (χ1n) is 7.84. The van der Waals surface area contributed by atoms with Crippen LogP contribution >= 0.6 is 11.8 Å². The van der Waals surface area contributed by atoms with Crippen LogP contribution in [0.4, 0.5) is 4.39 Å². The average molecular weight is 339 g/mol. The van der Waals surface area contributed by atoms with Crippen LogP contribution in [0.15, 0.2) is 17.1 Å². The summed E-state index contributed by atoms with van der Waals surface area (Å²) in [5, 5.41) is 7.21. The maximum Gasteiger partial charge on any atom is 0.191 e. The summed E-state index contributed by atoms with van der Waals surface area (Å²) in [4.78, 5) is 4.22. The summed E-state index contributed by atoms with van der Waals surface area (Å²) in [5.74, 6) is 2.40. The second-order valence-corrected chi connectivity index (χ2v) is 7.01. The number of hydrogen-bond acceptors (Lipinski definition) is 4. The zero-order chi connectivity index (χ0) is 16.1. The van der Waals surface area contributed by atoms with Crippen molar-refractivity contribution in [2.75, 3.05) is 26.1 Å². The van der Waals surface area contributed by atoms with E-state index in [9.17, 15) is 4.39 Å². The number of thioether (sulfide) groups is 1. The Labute approximate surface area is 140 Å². The van der Waals surface area contributed by atoms with Crippen LogP contribution in [0.5, 0.6) is 5.75 Å². The largest absolute Gasteiger partial charge is 0.467 e. The first kappa shape index (κ1) is 16.4. The van der Waals surface area contributed by atoms with Gasteiger partial charge in [-0.2, -0.15) is 11.8 Å². The Morgan fingerprint density at radius 3 is 3.13 bits per heavy atom. The summed E-state index contributed by atoms with van der Waals surface area (Å²) in [6, 6.07) is 2.96. The average Bonchev–Trinajstić information content (AvgIpc) is 3.08. The molecule has 0 aromatic heterocycles. The fourth-order valence-corrected chi connectivity index (χ4v) is 4.00. The lowest BCUT2D eigenvalue weighted by atomic mass is 10.1. The van der Waals surface area contributed by atoms with Gasteiger partial charge in [-0.1, -0.05) is 0 Å². The van der Waals surface area contributed by atoms with Crippen molar-refractivity contribution in [2.24, 2.45) is 4.99 Å². The van der Waals surface area contributed by atoms with E-state index in [1.54, 1.807) is 7.05 Å². The number of ether oxygens (including phenoxy) is 2. The first-order chi connectivity index (χ1) is 11.3. The molecule has 2 N–H and O–H groups in total. The zero-order valence-corrected chi connectivity index (χ0v) is 14.0. The van der Waals surface area contributed by atoms with Crippen LogP contribution in [-0.4, -0.2) is 37.3 Å². The minimum Gasteiger partial charge on any atom is -0.467 e. The molecule has 126 valence electrons. The van der Waals surface area contributed by atoms with Crippen molar-refractivity contribution < 1.29 is 13.9 Å². The molecular weight excluding hydrogens is 317 g/mol. The lowest BCUT2D eigenvalue weighted by Crippen LogP contribution is -2.39. The van der Waals surface area contributed by atoms with Crippen LogP contribution in [0.2, 0.25) is 0 Å². The van der Waals surface area contributed by atoms with Crippen molar-refractivity contribution >= 4 is 17.7 Å². The van der Waals surface area contributed by atoms with E-state index in [4.69, 9.17) is 9.47 Å². The molecule has 1 aromatic rings. The number of nitrogens with zero attached hydrogens (tertiary/aromatic N) is 1. The van der Waals surface area contributed by atoms with E-state index in [0.29, 0.717) is 24.2 Å². The second kappa shape index (κ2) is 7.88. The SMILES string of the molecule is CN=C(NCc1cc(F)cc2c1OCOC2)NCC1CCCS1. The van der Waals surface area contributed by atoms with Gasteiger partial charge in [-0.05, 0) is 30.7 Å². The molecule has 1 unspecified atom stereocenters. The van der Waals surface area contributed by atoms with Gasteiger partial charge in [0.2, 0.25) is 0 Å². The lowest BCUT2D eigenvalue weighted by molar-refractivity contribution is -0.0172. The number of fused-ring (bicyclic) bond motifs is 1. The molecular formula is C16H22FN3O2S. The van der Waals surface area contributed by atoms with E-state index >= 15 is 0 Å². The topological polar surface area (TPSA) is 54.9 Å². The van der Waals surface area contributed by atoms with Gasteiger partial charge in [0.05, 0.1) is 6.61 Å². The highest BCUT2D eigenvalue weighted by molar-refractivity contribution is 8.00. The summed E-state index contributed by atoms with van der Waals surface area (Å²) < 4.78 is 24.5. The molecule has 2 heterocycles.